The second kappa shape index (κ2) is 4.66. The van der Waals surface area contributed by atoms with Gasteiger partial charge < -0.3 is 14.9 Å². The van der Waals surface area contributed by atoms with Crippen LogP contribution in [0.1, 0.15) is 27.0 Å². The molecule has 0 atom stereocenters. The minimum atomic E-state index is -0.214. The van der Waals surface area contributed by atoms with Gasteiger partial charge in [-0.2, -0.15) is 0 Å². The molecule has 0 spiro atoms. The molecule has 0 unspecified atom stereocenters. The molecule has 1 heterocycles. The van der Waals surface area contributed by atoms with Crippen molar-refractivity contribution < 1.29 is 19.7 Å². The summed E-state index contributed by atoms with van der Waals surface area (Å²) in [4.78, 5) is 12.2. The number of Topliss-reactive ketones (excluding diaryl/α,β-unsaturated/α-hetero) is 1. The van der Waals surface area contributed by atoms with E-state index in [0.717, 1.165) is 16.7 Å². The second-order valence-electron chi connectivity index (χ2n) is 5.12. The smallest absolute Gasteiger partial charge is 0.231 e. The molecule has 1 aliphatic rings. The van der Waals surface area contributed by atoms with Crippen molar-refractivity contribution in [2.75, 3.05) is 0 Å². The lowest BCUT2D eigenvalue weighted by Crippen LogP contribution is -1.98. The molecule has 0 radical (unpaired) electrons. The number of aromatic hydroxyl groups is 2. The van der Waals surface area contributed by atoms with Gasteiger partial charge in [0.2, 0.25) is 5.78 Å². The summed E-state index contributed by atoms with van der Waals surface area (Å²) in [5.74, 6) is 0.662. The molecule has 2 aromatic rings. The van der Waals surface area contributed by atoms with Crippen LogP contribution in [0.5, 0.6) is 17.2 Å². The lowest BCUT2D eigenvalue weighted by molar-refractivity contribution is 0.101. The molecule has 0 aliphatic carbocycles. The third-order valence-corrected chi connectivity index (χ3v) is 3.46. The van der Waals surface area contributed by atoms with Gasteiger partial charge in [-0.15, -0.1) is 0 Å². The van der Waals surface area contributed by atoms with Crippen LogP contribution < -0.4 is 4.74 Å². The van der Waals surface area contributed by atoms with Crippen molar-refractivity contribution in [3.05, 3.63) is 58.3 Å². The maximum absolute atomic E-state index is 12.2. The lowest BCUT2D eigenvalue weighted by Gasteiger charge is -2.05. The number of phenols is 2. The van der Waals surface area contributed by atoms with E-state index in [0.29, 0.717) is 11.3 Å². The van der Waals surface area contributed by atoms with E-state index in [2.05, 4.69) is 0 Å². The van der Waals surface area contributed by atoms with Gasteiger partial charge in [-0.25, -0.2) is 0 Å². The summed E-state index contributed by atoms with van der Waals surface area (Å²) in [6, 6.07) is 7.99. The van der Waals surface area contributed by atoms with E-state index in [4.69, 9.17) is 4.74 Å². The highest BCUT2D eigenvalue weighted by Gasteiger charge is 2.27. The van der Waals surface area contributed by atoms with Crippen molar-refractivity contribution in [2.45, 2.75) is 13.8 Å². The molecule has 106 valence electrons. The molecule has 4 heteroatoms. The predicted octanol–water partition coefficient (Wildman–Crippen LogP) is 3.33. The highest BCUT2D eigenvalue weighted by Crippen LogP contribution is 2.35. The largest absolute Gasteiger partial charge is 0.508 e. The summed E-state index contributed by atoms with van der Waals surface area (Å²) >= 11 is 0. The van der Waals surface area contributed by atoms with Crippen LogP contribution in [0.2, 0.25) is 0 Å². The van der Waals surface area contributed by atoms with Crippen molar-refractivity contribution in [1.29, 1.82) is 0 Å². The Kier molecular flexibility index (Phi) is 2.94. The van der Waals surface area contributed by atoms with Crippen LogP contribution in [0.3, 0.4) is 0 Å². The van der Waals surface area contributed by atoms with E-state index in [9.17, 15) is 15.0 Å². The monoisotopic (exact) mass is 282 g/mol. The molecular formula is C17H14O4. The van der Waals surface area contributed by atoms with Crippen LogP contribution in [0.4, 0.5) is 0 Å². The Morgan fingerprint density at radius 1 is 1.05 bits per heavy atom. The molecule has 21 heavy (non-hydrogen) atoms. The number of carbonyl (C=O) groups excluding carboxylic acids is 1. The molecule has 0 amide bonds. The first-order valence-electron chi connectivity index (χ1n) is 6.53. The molecule has 2 N–H and O–H groups in total. The number of rotatable bonds is 1. The fourth-order valence-corrected chi connectivity index (χ4v) is 2.40. The van der Waals surface area contributed by atoms with Crippen molar-refractivity contribution in [3.63, 3.8) is 0 Å². The first kappa shape index (κ1) is 13.2. The molecule has 0 aromatic heterocycles. The summed E-state index contributed by atoms with van der Waals surface area (Å²) in [5, 5.41) is 19.2. The molecule has 3 rings (SSSR count). The summed E-state index contributed by atoms with van der Waals surface area (Å²) in [5.41, 5.74) is 2.69. The molecule has 0 bridgehead atoms. The number of carbonyl (C=O) groups is 1. The van der Waals surface area contributed by atoms with Crippen molar-refractivity contribution in [2.24, 2.45) is 0 Å². The molecule has 4 nitrogen and oxygen atoms in total. The quantitative estimate of drug-likeness (QED) is 0.787. The Labute approximate surface area is 121 Å². The van der Waals surface area contributed by atoms with Crippen molar-refractivity contribution >= 4 is 11.9 Å². The minimum Gasteiger partial charge on any atom is -0.508 e. The topological polar surface area (TPSA) is 66.8 Å². The average molecular weight is 282 g/mol. The number of hydrogen-bond acceptors (Lipinski definition) is 4. The van der Waals surface area contributed by atoms with E-state index in [1.807, 2.05) is 0 Å². The van der Waals surface area contributed by atoms with E-state index in [1.54, 1.807) is 38.1 Å². The van der Waals surface area contributed by atoms with Gasteiger partial charge in [-0.05, 0) is 60.9 Å². The summed E-state index contributed by atoms with van der Waals surface area (Å²) in [7, 11) is 0. The number of hydrogen-bond donors (Lipinski definition) is 2. The van der Waals surface area contributed by atoms with Gasteiger partial charge in [0.1, 0.15) is 17.2 Å². The van der Waals surface area contributed by atoms with E-state index in [-0.39, 0.29) is 23.0 Å². The average Bonchev–Trinajstić information content (AvgIpc) is 2.72. The van der Waals surface area contributed by atoms with Crippen LogP contribution >= 0.6 is 0 Å². The van der Waals surface area contributed by atoms with Gasteiger partial charge in [0.25, 0.3) is 0 Å². The van der Waals surface area contributed by atoms with Gasteiger partial charge >= 0.3 is 0 Å². The summed E-state index contributed by atoms with van der Waals surface area (Å²) in [6.07, 6.45) is 1.64. The molecule has 0 saturated heterocycles. The zero-order chi connectivity index (χ0) is 15.1. The maximum Gasteiger partial charge on any atom is 0.231 e. The SMILES string of the molecule is Cc1cc(/C=C2\Oc3cc(O)ccc3C2=O)cc(C)c1O. The summed E-state index contributed by atoms with van der Waals surface area (Å²) in [6.45, 7) is 3.60. The Balaban J connectivity index is 2.01. The van der Waals surface area contributed by atoms with Gasteiger partial charge in [0, 0.05) is 6.07 Å². The highest BCUT2D eigenvalue weighted by atomic mass is 16.5. The number of benzene rings is 2. The van der Waals surface area contributed by atoms with Crippen molar-refractivity contribution in [1.82, 2.24) is 0 Å². The molecular weight excluding hydrogens is 268 g/mol. The van der Waals surface area contributed by atoms with E-state index >= 15 is 0 Å². The molecule has 2 aromatic carbocycles. The van der Waals surface area contributed by atoms with Gasteiger partial charge in [0.05, 0.1) is 5.56 Å². The third kappa shape index (κ3) is 2.25. The highest BCUT2D eigenvalue weighted by molar-refractivity contribution is 6.14. The number of ketones is 1. The number of phenolic OH excluding ortho intramolecular Hbond substituents is 2. The van der Waals surface area contributed by atoms with Gasteiger partial charge in [0.15, 0.2) is 5.76 Å². The third-order valence-electron chi connectivity index (χ3n) is 3.46. The normalized spacial score (nSPS) is 15.1. The fourth-order valence-electron chi connectivity index (χ4n) is 2.40. The van der Waals surface area contributed by atoms with Gasteiger partial charge in [-0.1, -0.05) is 0 Å². The first-order chi connectivity index (χ1) is 9.95. The maximum atomic E-state index is 12.2. The standard InChI is InChI=1S/C17H14O4/c1-9-5-11(6-10(2)16(9)19)7-15-17(20)13-4-3-12(18)8-14(13)21-15/h3-8,18-19H,1-2H3/b15-7-. The Bertz CT molecular complexity index is 764. The predicted molar refractivity (Wildman–Crippen MR) is 78.6 cm³/mol. The molecule has 1 aliphatic heterocycles. The van der Waals surface area contributed by atoms with Crippen LogP contribution in [-0.2, 0) is 0 Å². The second-order valence-corrected chi connectivity index (χ2v) is 5.12. The molecule has 0 saturated carbocycles. The number of fused-ring (bicyclic) bond motifs is 1. The summed E-state index contributed by atoms with van der Waals surface area (Å²) < 4.78 is 5.50. The van der Waals surface area contributed by atoms with Crippen molar-refractivity contribution in [3.8, 4) is 17.2 Å². The van der Waals surface area contributed by atoms with Crippen LogP contribution in [0, 0.1) is 13.8 Å². The lowest BCUT2D eigenvalue weighted by atomic mass is 10.0. The molecule has 0 fully saturated rings. The van der Waals surface area contributed by atoms with Crippen LogP contribution in [-0.4, -0.2) is 16.0 Å². The number of allylic oxidation sites excluding steroid dienone is 1. The van der Waals surface area contributed by atoms with E-state index < -0.39 is 0 Å². The fraction of sp³-hybridized carbons (Fsp3) is 0.118. The Hall–Kier alpha value is -2.75. The Morgan fingerprint density at radius 2 is 1.71 bits per heavy atom. The minimum absolute atomic E-state index is 0.0547. The Morgan fingerprint density at radius 3 is 2.38 bits per heavy atom. The van der Waals surface area contributed by atoms with Crippen LogP contribution in [0.15, 0.2) is 36.1 Å². The number of aryl methyl sites for hydroxylation is 2. The number of ether oxygens (including phenoxy) is 1. The van der Waals surface area contributed by atoms with Crippen LogP contribution in [0.25, 0.3) is 6.08 Å². The van der Waals surface area contributed by atoms with E-state index in [1.165, 1.54) is 12.1 Å². The first-order valence-corrected chi connectivity index (χ1v) is 6.53. The van der Waals surface area contributed by atoms with Gasteiger partial charge in [-0.3, -0.25) is 4.79 Å². The zero-order valence-electron chi connectivity index (χ0n) is 11.7. The zero-order valence-corrected chi connectivity index (χ0v) is 11.7.